The molecule has 368 valence electrons. The Morgan fingerprint density at radius 1 is 0.484 bits per heavy atom. The number of hydrogen-bond acceptors (Lipinski definition) is 8. The SMILES string of the molecule is CCCCCCCC/C=C\CCCCCCCCCCCCCC(=O)OC(COC(=O)CCCCCCCCCCCCCCCCCCCCC)COP(=O)(O)OCCNC. The maximum Gasteiger partial charge on any atom is 0.472 e. The van der Waals surface area contributed by atoms with Crippen molar-refractivity contribution in [3.8, 4) is 0 Å². The molecular weight excluding hydrogens is 798 g/mol. The number of allylic oxidation sites excluding steroid dienone is 2. The van der Waals surface area contributed by atoms with E-state index in [1.807, 2.05) is 0 Å². The molecule has 0 aromatic carbocycles. The summed E-state index contributed by atoms with van der Waals surface area (Å²) in [4.78, 5) is 35.3. The summed E-state index contributed by atoms with van der Waals surface area (Å²) < 4.78 is 33.4. The predicted octanol–water partition coefficient (Wildman–Crippen LogP) is 16.0. The van der Waals surface area contributed by atoms with Gasteiger partial charge in [0.1, 0.15) is 6.61 Å². The summed E-state index contributed by atoms with van der Waals surface area (Å²) in [7, 11) is -2.64. The van der Waals surface area contributed by atoms with E-state index in [9.17, 15) is 19.0 Å². The molecule has 10 heteroatoms. The molecule has 2 unspecified atom stereocenters. The number of phosphoric acid groups is 1. The number of carbonyl (C=O) groups excluding carboxylic acids is 2. The first-order valence-electron chi connectivity index (χ1n) is 26.6. The topological polar surface area (TPSA) is 120 Å². The van der Waals surface area contributed by atoms with Gasteiger partial charge in [0.2, 0.25) is 0 Å². The van der Waals surface area contributed by atoms with Gasteiger partial charge in [-0.25, -0.2) is 4.57 Å². The number of ether oxygens (including phenoxy) is 2. The minimum Gasteiger partial charge on any atom is -0.462 e. The smallest absolute Gasteiger partial charge is 0.462 e. The van der Waals surface area contributed by atoms with Gasteiger partial charge in [-0.3, -0.25) is 18.6 Å². The minimum atomic E-state index is -4.35. The van der Waals surface area contributed by atoms with Gasteiger partial charge in [0.15, 0.2) is 6.10 Å². The van der Waals surface area contributed by atoms with Crippen LogP contribution in [0.5, 0.6) is 0 Å². The maximum atomic E-state index is 12.7. The second-order valence-electron chi connectivity index (χ2n) is 18.1. The van der Waals surface area contributed by atoms with Gasteiger partial charge in [-0.15, -0.1) is 0 Å². The van der Waals surface area contributed by atoms with Crippen molar-refractivity contribution < 1.29 is 37.6 Å². The standard InChI is InChI=1S/C52H102NO8P/c1-4-6-8-10-12-14-16-18-20-22-24-25-27-29-31-33-35-37-39-41-43-45-52(55)61-50(49-60-62(56,57)59-47-46-53-3)48-58-51(54)44-42-40-38-36-34-32-30-28-26-23-21-19-17-15-13-11-9-7-5-2/h18,20,50,53H,4-17,19,21-49H2,1-3H3,(H,56,57)/b20-18-. The third-order valence-corrected chi connectivity index (χ3v) is 12.9. The van der Waals surface area contributed by atoms with Gasteiger partial charge >= 0.3 is 19.8 Å². The van der Waals surface area contributed by atoms with Crippen LogP contribution in [0.2, 0.25) is 0 Å². The van der Waals surface area contributed by atoms with Crippen molar-refractivity contribution >= 4 is 19.8 Å². The second-order valence-corrected chi connectivity index (χ2v) is 19.5. The quantitative estimate of drug-likeness (QED) is 0.0266. The highest BCUT2D eigenvalue weighted by molar-refractivity contribution is 7.47. The molecule has 62 heavy (non-hydrogen) atoms. The summed E-state index contributed by atoms with van der Waals surface area (Å²) in [6.07, 6.45) is 52.6. The number of likely N-dealkylation sites (N-methyl/N-ethyl adjacent to an activating group) is 1. The lowest BCUT2D eigenvalue weighted by atomic mass is 10.0. The third kappa shape index (κ3) is 48.2. The first-order chi connectivity index (χ1) is 30.3. The molecule has 2 atom stereocenters. The molecule has 0 aromatic rings. The number of hydrogen-bond donors (Lipinski definition) is 2. The molecule has 0 aromatic heterocycles. The largest absolute Gasteiger partial charge is 0.472 e. The maximum absolute atomic E-state index is 12.7. The van der Waals surface area contributed by atoms with E-state index in [-0.39, 0.29) is 25.6 Å². The fourth-order valence-electron chi connectivity index (χ4n) is 7.85. The molecule has 0 aliphatic carbocycles. The van der Waals surface area contributed by atoms with E-state index in [4.69, 9.17) is 18.5 Å². The number of unbranched alkanes of at least 4 members (excludes halogenated alkanes) is 35. The molecule has 0 rings (SSSR count). The summed E-state index contributed by atoms with van der Waals surface area (Å²) in [6, 6.07) is 0. The summed E-state index contributed by atoms with van der Waals surface area (Å²) in [6.45, 7) is 4.28. The lowest BCUT2D eigenvalue weighted by Gasteiger charge is -2.20. The summed E-state index contributed by atoms with van der Waals surface area (Å²) in [5.74, 6) is -0.789. The number of nitrogens with one attached hydrogen (secondary N) is 1. The number of rotatable bonds is 51. The first kappa shape index (κ1) is 60.8. The molecule has 0 aliphatic rings. The first-order valence-corrected chi connectivity index (χ1v) is 28.1. The minimum absolute atomic E-state index is 0.0133. The Bertz CT molecular complexity index is 1030. The average Bonchev–Trinajstić information content (AvgIpc) is 3.26. The van der Waals surface area contributed by atoms with Crippen LogP contribution in [0.15, 0.2) is 12.2 Å². The monoisotopic (exact) mass is 900 g/mol. The van der Waals surface area contributed by atoms with Gasteiger partial charge in [0.25, 0.3) is 0 Å². The van der Waals surface area contributed by atoms with E-state index in [2.05, 4.69) is 31.3 Å². The molecule has 9 nitrogen and oxygen atoms in total. The molecule has 0 aliphatic heterocycles. The Morgan fingerprint density at radius 3 is 1.19 bits per heavy atom. The summed E-state index contributed by atoms with van der Waals surface area (Å²) in [5.41, 5.74) is 0. The van der Waals surface area contributed by atoms with Gasteiger partial charge in [0.05, 0.1) is 13.2 Å². The Hall–Kier alpha value is -1.25. The van der Waals surface area contributed by atoms with Crippen LogP contribution < -0.4 is 5.32 Å². The Balaban J connectivity index is 4.05. The zero-order valence-electron chi connectivity index (χ0n) is 41.1. The highest BCUT2D eigenvalue weighted by Gasteiger charge is 2.26. The van der Waals surface area contributed by atoms with Gasteiger partial charge in [-0.1, -0.05) is 231 Å². The fraction of sp³-hybridized carbons (Fsp3) is 0.923. The fourth-order valence-corrected chi connectivity index (χ4v) is 8.60. The van der Waals surface area contributed by atoms with Crippen LogP contribution in [0.25, 0.3) is 0 Å². The van der Waals surface area contributed by atoms with Gasteiger partial charge in [-0.2, -0.15) is 0 Å². The van der Waals surface area contributed by atoms with Gasteiger partial charge in [0, 0.05) is 19.4 Å². The van der Waals surface area contributed by atoms with Gasteiger partial charge < -0.3 is 19.7 Å². The molecule has 0 bridgehead atoms. The molecule has 0 heterocycles. The average molecular weight is 900 g/mol. The van der Waals surface area contributed by atoms with Crippen molar-refractivity contribution in [2.45, 2.75) is 277 Å². The summed E-state index contributed by atoms with van der Waals surface area (Å²) in [5, 5.41) is 2.84. The van der Waals surface area contributed by atoms with Crippen molar-refractivity contribution in [1.82, 2.24) is 5.32 Å². The molecule has 0 saturated carbocycles. The molecule has 0 saturated heterocycles. The molecule has 0 amide bonds. The van der Waals surface area contributed by atoms with E-state index < -0.39 is 26.5 Å². The number of phosphoric ester groups is 1. The Labute approximate surface area is 383 Å². The highest BCUT2D eigenvalue weighted by atomic mass is 31.2. The number of esters is 2. The van der Waals surface area contributed by atoms with Crippen LogP contribution in [0, 0.1) is 0 Å². The van der Waals surface area contributed by atoms with Crippen molar-refractivity contribution in [3.63, 3.8) is 0 Å². The van der Waals surface area contributed by atoms with Crippen molar-refractivity contribution in [2.24, 2.45) is 0 Å². The second kappa shape index (κ2) is 49.2. The third-order valence-electron chi connectivity index (χ3n) is 11.9. The van der Waals surface area contributed by atoms with E-state index in [0.29, 0.717) is 19.4 Å². The number of carbonyl (C=O) groups is 2. The predicted molar refractivity (Wildman–Crippen MR) is 262 cm³/mol. The van der Waals surface area contributed by atoms with Crippen molar-refractivity contribution in [2.75, 3.05) is 33.4 Å². The van der Waals surface area contributed by atoms with E-state index in [0.717, 1.165) is 32.1 Å². The molecule has 2 N–H and O–H groups in total. The van der Waals surface area contributed by atoms with Crippen molar-refractivity contribution in [1.29, 1.82) is 0 Å². The van der Waals surface area contributed by atoms with Crippen LogP contribution in [-0.4, -0.2) is 56.3 Å². The van der Waals surface area contributed by atoms with Crippen LogP contribution in [0.1, 0.15) is 271 Å². The molecular formula is C52H102NO8P. The summed E-state index contributed by atoms with van der Waals surface area (Å²) >= 11 is 0. The van der Waals surface area contributed by atoms with Gasteiger partial charge in [-0.05, 0) is 45.6 Å². The van der Waals surface area contributed by atoms with Crippen LogP contribution in [0.4, 0.5) is 0 Å². The lowest BCUT2D eigenvalue weighted by Crippen LogP contribution is -2.29. The molecule has 0 radical (unpaired) electrons. The van der Waals surface area contributed by atoms with Crippen LogP contribution in [0.3, 0.4) is 0 Å². The van der Waals surface area contributed by atoms with E-state index >= 15 is 0 Å². The molecule has 0 fully saturated rings. The van der Waals surface area contributed by atoms with Crippen LogP contribution in [-0.2, 0) is 32.7 Å². The molecule has 0 spiro atoms. The Morgan fingerprint density at radius 2 is 0.823 bits per heavy atom. The zero-order valence-corrected chi connectivity index (χ0v) is 42.0. The van der Waals surface area contributed by atoms with E-state index in [1.54, 1.807) is 7.05 Å². The highest BCUT2D eigenvalue weighted by Crippen LogP contribution is 2.43. The normalized spacial score (nSPS) is 13.2. The van der Waals surface area contributed by atoms with Crippen molar-refractivity contribution in [3.05, 3.63) is 12.2 Å². The lowest BCUT2D eigenvalue weighted by molar-refractivity contribution is -0.161. The van der Waals surface area contributed by atoms with Crippen LogP contribution >= 0.6 is 7.82 Å². The van der Waals surface area contributed by atoms with E-state index in [1.165, 1.54) is 205 Å². The Kier molecular flexibility index (Phi) is 48.2. The zero-order chi connectivity index (χ0) is 45.3.